The molecule has 16 heavy (non-hydrogen) atoms. The van der Waals surface area contributed by atoms with Crippen LogP contribution in [0.25, 0.3) is 0 Å². The van der Waals surface area contributed by atoms with Crippen LogP contribution in [0.5, 0.6) is 0 Å². The second-order valence-corrected chi connectivity index (χ2v) is 5.83. The third-order valence-electron chi connectivity index (χ3n) is 3.51. The van der Waals surface area contributed by atoms with E-state index in [1.165, 1.54) is 30.4 Å². The zero-order valence-electron chi connectivity index (χ0n) is 9.68. The molecule has 88 valence electrons. The highest BCUT2D eigenvalue weighted by atomic mass is 35.5. The monoisotopic (exact) mass is 256 g/mol. The van der Waals surface area contributed by atoms with E-state index in [1.807, 2.05) is 6.07 Å². The SMILES string of the molecule is Cc1ccc(CC2CCCCC2Cl)c(Cl)c1. The lowest BCUT2D eigenvalue weighted by atomic mass is 9.84. The highest BCUT2D eigenvalue weighted by Gasteiger charge is 2.23. The molecular weight excluding hydrogens is 239 g/mol. The van der Waals surface area contributed by atoms with Gasteiger partial charge in [-0.2, -0.15) is 0 Å². The molecule has 1 aromatic rings. The molecule has 0 nitrogen and oxygen atoms in total. The fourth-order valence-electron chi connectivity index (χ4n) is 2.49. The summed E-state index contributed by atoms with van der Waals surface area (Å²) in [5.74, 6) is 0.607. The molecule has 2 rings (SSSR count). The topological polar surface area (TPSA) is 0 Å². The summed E-state index contributed by atoms with van der Waals surface area (Å²) in [6.45, 7) is 2.07. The van der Waals surface area contributed by atoms with Gasteiger partial charge in [0.2, 0.25) is 0 Å². The smallest absolute Gasteiger partial charge is 0.0440 e. The maximum Gasteiger partial charge on any atom is 0.0440 e. The molecule has 1 fully saturated rings. The van der Waals surface area contributed by atoms with E-state index in [-0.39, 0.29) is 0 Å². The Balaban J connectivity index is 2.07. The Bertz CT molecular complexity index is 360. The quantitative estimate of drug-likeness (QED) is 0.655. The Labute approximate surface area is 108 Å². The first-order chi connectivity index (χ1) is 7.66. The van der Waals surface area contributed by atoms with Gasteiger partial charge in [0.1, 0.15) is 0 Å². The normalized spacial score (nSPS) is 25.7. The summed E-state index contributed by atoms with van der Waals surface area (Å²) in [5.41, 5.74) is 2.48. The number of aryl methyl sites for hydroxylation is 1. The molecule has 0 radical (unpaired) electrons. The molecule has 1 aromatic carbocycles. The molecular formula is C14H18Cl2. The van der Waals surface area contributed by atoms with Gasteiger partial charge in [-0.25, -0.2) is 0 Å². The Morgan fingerprint density at radius 2 is 2.00 bits per heavy atom. The summed E-state index contributed by atoms with van der Waals surface area (Å²) >= 11 is 12.6. The van der Waals surface area contributed by atoms with Gasteiger partial charge in [0.25, 0.3) is 0 Å². The number of rotatable bonds is 2. The van der Waals surface area contributed by atoms with E-state index in [9.17, 15) is 0 Å². The van der Waals surface area contributed by atoms with Gasteiger partial charge in [0, 0.05) is 10.4 Å². The van der Waals surface area contributed by atoms with E-state index in [1.54, 1.807) is 0 Å². The van der Waals surface area contributed by atoms with Crippen LogP contribution in [0, 0.1) is 12.8 Å². The third-order valence-corrected chi connectivity index (χ3v) is 4.43. The highest BCUT2D eigenvalue weighted by Crippen LogP contribution is 2.32. The first-order valence-electron chi connectivity index (χ1n) is 6.06. The van der Waals surface area contributed by atoms with Crippen LogP contribution in [0.1, 0.15) is 36.8 Å². The zero-order chi connectivity index (χ0) is 11.5. The number of hydrogen-bond donors (Lipinski definition) is 0. The van der Waals surface area contributed by atoms with Gasteiger partial charge >= 0.3 is 0 Å². The average molecular weight is 257 g/mol. The van der Waals surface area contributed by atoms with Crippen LogP contribution in [-0.2, 0) is 6.42 Å². The number of benzene rings is 1. The lowest BCUT2D eigenvalue weighted by Gasteiger charge is -2.27. The predicted molar refractivity (Wildman–Crippen MR) is 71.5 cm³/mol. The number of halogens is 2. The first kappa shape index (κ1) is 12.3. The van der Waals surface area contributed by atoms with Crippen molar-refractivity contribution < 1.29 is 0 Å². The van der Waals surface area contributed by atoms with Crippen molar-refractivity contribution in [2.75, 3.05) is 0 Å². The molecule has 0 saturated heterocycles. The molecule has 0 spiro atoms. The summed E-state index contributed by atoms with van der Waals surface area (Å²) in [6, 6.07) is 6.33. The highest BCUT2D eigenvalue weighted by molar-refractivity contribution is 6.31. The largest absolute Gasteiger partial charge is 0.123 e. The summed E-state index contributed by atoms with van der Waals surface area (Å²) in [6.07, 6.45) is 6.05. The predicted octanol–water partition coefficient (Wildman–Crippen LogP) is 4.99. The van der Waals surface area contributed by atoms with Crippen LogP contribution in [0.2, 0.25) is 5.02 Å². The average Bonchev–Trinajstić information content (AvgIpc) is 2.25. The van der Waals surface area contributed by atoms with E-state index < -0.39 is 0 Å². The van der Waals surface area contributed by atoms with Gasteiger partial charge < -0.3 is 0 Å². The maximum absolute atomic E-state index is 6.37. The summed E-state index contributed by atoms with van der Waals surface area (Å²) in [5, 5.41) is 1.24. The van der Waals surface area contributed by atoms with Crippen LogP contribution in [-0.4, -0.2) is 5.38 Å². The molecule has 0 aromatic heterocycles. The number of hydrogen-bond acceptors (Lipinski definition) is 0. The standard InChI is InChI=1S/C14H18Cl2/c1-10-6-7-12(14(16)8-10)9-11-4-2-3-5-13(11)15/h6-8,11,13H,2-5,9H2,1H3. The van der Waals surface area contributed by atoms with E-state index in [2.05, 4.69) is 19.1 Å². The minimum atomic E-state index is 0.339. The maximum atomic E-state index is 6.37. The van der Waals surface area contributed by atoms with Crippen molar-refractivity contribution >= 4 is 23.2 Å². The molecule has 2 unspecified atom stereocenters. The van der Waals surface area contributed by atoms with E-state index in [0.717, 1.165) is 17.9 Å². The van der Waals surface area contributed by atoms with Crippen LogP contribution >= 0.6 is 23.2 Å². The Kier molecular flexibility index (Phi) is 4.16. The van der Waals surface area contributed by atoms with Crippen LogP contribution < -0.4 is 0 Å². The van der Waals surface area contributed by atoms with Gasteiger partial charge in [-0.15, -0.1) is 11.6 Å². The van der Waals surface area contributed by atoms with Gasteiger partial charge in [0.15, 0.2) is 0 Å². The lowest BCUT2D eigenvalue weighted by Crippen LogP contribution is -2.21. The minimum Gasteiger partial charge on any atom is -0.123 e. The van der Waals surface area contributed by atoms with E-state index >= 15 is 0 Å². The fourth-order valence-corrected chi connectivity index (χ4v) is 3.17. The van der Waals surface area contributed by atoms with Gasteiger partial charge in [-0.3, -0.25) is 0 Å². The van der Waals surface area contributed by atoms with Crippen LogP contribution in [0.4, 0.5) is 0 Å². The van der Waals surface area contributed by atoms with Gasteiger partial charge in [0.05, 0.1) is 0 Å². The number of alkyl halides is 1. The molecule has 2 heteroatoms. The second kappa shape index (κ2) is 5.42. The van der Waals surface area contributed by atoms with E-state index in [0.29, 0.717) is 11.3 Å². The molecule has 0 bridgehead atoms. The van der Waals surface area contributed by atoms with Crippen LogP contribution in [0.3, 0.4) is 0 Å². The van der Waals surface area contributed by atoms with Crippen molar-refractivity contribution in [3.8, 4) is 0 Å². The van der Waals surface area contributed by atoms with E-state index in [4.69, 9.17) is 23.2 Å². The lowest BCUT2D eigenvalue weighted by molar-refractivity contribution is 0.364. The third kappa shape index (κ3) is 2.93. The van der Waals surface area contributed by atoms with Crippen molar-refractivity contribution in [2.24, 2.45) is 5.92 Å². The molecule has 1 saturated carbocycles. The summed E-state index contributed by atoms with van der Waals surface area (Å²) in [7, 11) is 0. The molecule has 2 atom stereocenters. The second-order valence-electron chi connectivity index (χ2n) is 4.86. The fraction of sp³-hybridized carbons (Fsp3) is 0.571. The summed E-state index contributed by atoms with van der Waals surface area (Å²) < 4.78 is 0. The Morgan fingerprint density at radius 1 is 1.25 bits per heavy atom. The van der Waals surface area contributed by atoms with Gasteiger partial charge in [-0.1, -0.05) is 36.6 Å². The Hall–Kier alpha value is -0.200. The molecule has 0 amide bonds. The van der Waals surface area contributed by atoms with Crippen molar-refractivity contribution in [2.45, 2.75) is 44.4 Å². The zero-order valence-corrected chi connectivity index (χ0v) is 11.2. The minimum absolute atomic E-state index is 0.339. The van der Waals surface area contributed by atoms with Crippen molar-refractivity contribution in [1.82, 2.24) is 0 Å². The van der Waals surface area contributed by atoms with Crippen molar-refractivity contribution in [3.63, 3.8) is 0 Å². The summed E-state index contributed by atoms with van der Waals surface area (Å²) in [4.78, 5) is 0. The Morgan fingerprint density at radius 3 is 2.69 bits per heavy atom. The van der Waals surface area contributed by atoms with Crippen LogP contribution in [0.15, 0.2) is 18.2 Å². The van der Waals surface area contributed by atoms with Gasteiger partial charge in [-0.05, 0) is 49.3 Å². The molecule has 1 aliphatic rings. The van der Waals surface area contributed by atoms with Crippen molar-refractivity contribution in [3.05, 3.63) is 34.3 Å². The molecule has 0 N–H and O–H groups in total. The molecule has 1 aliphatic carbocycles. The van der Waals surface area contributed by atoms with Crippen molar-refractivity contribution in [1.29, 1.82) is 0 Å². The molecule has 0 aliphatic heterocycles. The molecule has 0 heterocycles. The first-order valence-corrected chi connectivity index (χ1v) is 6.87.